The molecule has 7 aromatic heterocycles. The van der Waals surface area contributed by atoms with Crippen molar-refractivity contribution in [3.05, 3.63) is 381 Å². The monoisotopic (exact) mass is 2530 g/mol. The van der Waals surface area contributed by atoms with Gasteiger partial charge in [0, 0.05) is 124 Å². The number of pyridine rings is 7. The Morgan fingerprint density at radius 1 is 0.248 bits per heavy atom. The zero-order chi connectivity index (χ0) is 90.1. The minimum atomic E-state index is -1.38. The third-order valence-corrected chi connectivity index (χ3v) is 45.0. The van der Waals surface area contributed by atoms with Gasteiger partial charge < -0.3 is 34.9 Å². The van der Waals surface area contributed by atoms with Crippen LogP contribution in [0.3, 0.4) is 0 Å². The van der Waals surface area contributed by atoms with Gasteiger partial charge >= 0.3 is 0 Å². The first-order valence-corrected chi connectivity index (χ1v) is 59.0. The SMILES string of the molecule is CC(C)Cc1cc(-c2[c-]ccc(-c3ccccc3)c2)ncc1[Si]1(C)CCCCC1.CC(C)Cc1cc(-c2[c-]cccc2)ncc1[Si]1(C)CCCCC1.Cc1cc(-c2[c-]cccc2)ncc1[Si]1(C)CCCCC1.Cc1cc(-c2[c-]cccc2)ncc1[Si]1(C)CCCCC1.Cc1ccnc(-c2[c-]cccc2)c1.[Ir].[Ir].[Ir].[Ir].[c-]1ccccc1-c1ccccn1.[c-]1ccccc1-c1ccccn1. The van der Waals surface area contributed by atoms with E-state index in [1.807, 2.05) is 176 Å². The van der Waals surface area contributed by atoms with E-state index in [-0.39, 0.29) is 80.4 Å². The molecule has 4 aliphatic rings. The quantitative estimate of drug-likeness (QED) is 0.0703. The van der Waals surface area contributed by atoms with Crippen LogP contribution < -0.4 is 20.7 Å². The molecule has 8 aromatic carbocycles. The molecule has 0 unspecified atom stereocenters. The molecule has 0 saturated carbocycles. The van der Waals surface area contributed by atoms with E-state index >= 15 is 0 Å². The molecule has 0 N–H and O–H groups in total. The third-order valence-electron chi connectivity index (χ3n) is 26.2. The second-order valence-corrected chi connectivity index (χ2v) is 56.2. The molecule has 4 saturated heterocycles. The first-order chi connectivity index (χ1) is 62.8. The normalized spacial score (nSPS) is 14.6. The van der Waals surface area contributed by atoms with Crippen LogP contribution in [0.1, 0.15) is 133 Å². The smallest absolute Gasteiger partial charge is 0.0859 e. The molecule has 11 heterocycles. The topological polar surface area (TPSA) is 90.2 Å². The van der Waals surface area contributed by atoms with Crippen molar-refractivity contribution in [2.24, 2.45) is 11.8 Å². The van der Waals surface area contributed by atoms with Crippen LogP contribution in [0.15, 0.2) is 310 Å². The van der Waals surface area contributed by atoms with E-state index in [0.717, 1.165) is 85.2 Å². The summed E-state index contributed by atoms with van der Waals surface area (Å²) in [4.78, 5) is 32.0. The molecule has 15 aromatic rings. The number of aryl methyl sites for hydroxylation is 3. The van der Waals surface area contributed by atoms with E-state index in [4.69, 9.17) is 19.9 Å². The largest absolute Gasteiger partial charge is 0.305 e. The van der Waals surface area contributed by atoms with Crippen molar-refractivity contribution in [3.8, 4) is 89.9 Å². The van der Waals surface area contributed by atoms with Crippen molar-refractivity contribution in [1.29, 1.82) is 0 Å². The molecule has 0 bridgehead atoms. The number of hydrogen-bond donors (Lipinski definition) is 0. The van der Waals surface area contributed by atoms with E-state index in [1.165, 1.54) is 160 Å². The van der Waals surface area contributed by atoms with Gasteiger partial charge in [-0.1, -0.05) is 292 Å². The average Bonchev–Trinajstić information content (AvgIpc) is 0.811. The molecule has 15 heteroatoms. The first-order valence-electron chi connectivity index (χ1n) is 47.4. The van der Waals surface area contributed by atoms with Gasteiger partial charge in [0.15, 0.2) is 0 Å². The van der Waals surface area contributed by atoms with Crippen LogP contribution in [0.25, 0.3) is 89.9 Å². The molecule has 133 heavy (non-hydrogen) atoms. The number of aromatic nitrogens is 7. The Labute approximate surface area is 855 Å². The van der Waals surface area contributed by atoms with Crippen LogP contribution in [0.4, 0.5) is 0 Å². The summed E-state index contributed by atoms with van der Waals surface area (Å²) >= 11 is 0. The maximum Gasteiger partial charge on any atom is 0.0859 e. The van der Waals surface area contributed by atoms with E-state index in [0.29, 0.717) is 11.8 Å². The van der Waals surface area contributed by atoms with Crippen molar-refractivity contribution < 1.29 is 80.4 Å². The standard InChI is InChI=1S/C27H32NSi.C21H28NSi.2C18H22NSi.C12H10N.2C11H8N.4Ir/c1-21(2)17-25-19-26(28-20-27(25)29(3)15-8-5-9-16-29)24-14-10-13-23(18-24)22-11-6-4-7-12-22;1-17(2)14-19-15-20(18-10-6-4-7-11-18)22-16-21(19)23(3)12-8-5-9-13-23;2*1-15-13-17(16-9-5-3-6-10-16)19-14-18(15)20(2)11-7-4-8-12-20;1-10-7-8-13-12(9-10)11-5-3-2-4-6-11;2*1-2-6-10(7-3-1)11-8-4-5-9-12-11;;;;/h4,6-7,10-13,18-21H,5,8-9,15-17H2,1-3H3;4,6-7,10,15-17H,5,8-9,12-14H2,1-3H3;2*3,5-6,9,13-14H,4,7-8,11-12H2,1-2H3;2-5,7-9H,1H3;2*1-6,8-9H;;;;/q7*-1;;;;. The van der Waals surface area contributed by atoms with Crippen molar-refractivity contribution in [2.45, 2.75) is 213 Å². The summed E-state index contributed by atoms with van der Waals surface area (Å²) in [5, 5.41) is 6.41. The fourth-order valence-electron chi connectivity index (χ4n) is 19.1. The molecular formula is C118H130Ir4N7Si4-7. The number of hydrogen-bond acceptors (Lipinski definition) is 7. The predicted molar refractivity (Wildman–Crippen MR) is 555 cm³/mol. The van der Waals surface area contributed by atoms with Crippen LogP contribution in [0.2, 0.25) is 74.5 Å². The Bertz CT molecular complexity index is 5610. The zero-order valence-electron chi connectivity index (χ0n) is 79.6. The molecule has 19 rings (SSSR count). The van der Waals surface area contributed by atoms with E-state index in [1.54, 1.807) is 44.3 Å². The number of nitrogens with zero attached hydrogens (tertiary/aromatic N) is 7. The summed E-state index contributed by atoms with van der Waals surface area (Å²) < 4.78 is 0. The second-order valence-electron chi connectivity index (χ2n) is 37.6. The average molecular weight is 2530 g/mol. The van der Waals surface area contributed by atoms with E-state index in [2.05, 4.69) is 254 Å². The molecule has 7 nitrogen and oxygen atoms in total. The summed E-state index contributed by atoms with van der Waals surface area (Å²) in [5.41, 5.74) is 24.4. The summed E-state index contributed by atoms with van der Waals surface area (Å²) in [6.45, 7) is 26.2. The van der Waals surface area contributed by atoms with Crippen molar-refractivity contribution >= 4 is 53.0 Å². The Morgan fingerprint density at radius 3 is 0.842 bits per heavy atom. The molecule has 0 aliphatic carbocycles. The molecule has 4 radical (unpaired) electrons. The van der Waals surface area contributed by atoms with Crippen LogP contribution >= 0.6 is 0 Å². The van der Waals surface area contributed by atoms with Gasteiger partial charge in [-0.2, -0.15) is 0 Å². The fraction of sp³-hybridized carbons (Fsp3) is 0.297. The van der Waals surface area contributed by atoms with Gasteiger partial charge in [-0.15, -0.1) is 251 Å². The maximum absolute atomic E-state index is 4.98. The molecule has 4 fully saturated rings. The van der Waals surface area contributed by atoms with Crippen molar-refractivity contribution in [3.63, 3.8) is 0 Å². The van der Waals surface area contributed by atoms with Gasteiger partial charge in [0.05, 0.1) is 32.3 Å². The predicted octanol–water partition coefficient (Wildman–Crippen LogP) is 28.7. The van der Waals surface area contributed by atoms with Crippen molar-refractivity contribution in [2.75, 3.05) is 0 Å². The summed E-state index contributed by atoms with van der Waals surface area (Å²) in [7, 11) is -5.21. The molecule has 0 amide bonds. The van der Waals surface area contributed by atoms with Gasteiger partial charge in [-0.05, 0) is 130 Å². The minimum Gasteiger partial charge on any atom is -0.305 e. The Hall–Kier alpha value is -8.73. The number of benzene rings is 8. The van der Waals surface area contributed by atoms with E-state index in [9.17, 15) is 0 Å². The Balaban J connectivity index is 0.000000177. The zero-order valence-corrected chi connectivity index (χ0v) is 93.2. The third kappa shape index (κ3) is 31.7. The molecule has 4 aliphatic heterocycles. The van der Waals surface area contributed by atoms with Gasteiger partial charge in [-0.3, -0.25) is 0 Å². The second kappa shape index (κ2) is 54.9. The van der Waals surface area contributed by atoms with Crippen LogP contribution in [-0.4, -0.2) is 67.2 Å². The summed E-state index contributed by atoms with van der Waals surface area (Å²) in [5.74, 6) is 1.34. The van der Waals surface area contributed by atoms with Gasteiger partial charge in [-0.25, -0.2) is 0 Å². The Kier molecular flexibility index (Phi) is 44.5. The molecule has 0 spiro atoms. The fourth-order valence-corrected chi connectivity index (χ4v) is 36.0. The molecule has 696 valence electrons. The van der Waals surface area contributed by atoms with Gasteiger partial charge in [0.2, 0.25) is 0 Å². The van der Waals surface area contributed by atoms with Gasteiger partial charge in [0.1, 0.15) is 0 Å². The van der Waals surface area contributed by atoms with Crippen LogP contribution in [0.5, 0.6) is 0 Å². The Morgan fingerprint density at radius 2 is 0.534 bits per heavy atom. The molecular weight excluding hydrogens is 2400 g/mol. The summed E-state index contributed by atoms with van der Waals surface area (Å²) in [6, 6.07) is 124. The van der Waals surface area contributed by atoms with Crippen LogP contribution in [0, 0.1) is 75.1 Å². The first kappa shape index (κ1) is 108. The maximum atomic E-state index is 4.98. The molecule has 0 atom stereocenters. The van der Waals surface area contributed by atoms with E-state index < -0.39 is 32.3 Å². The summed E-state index contributed by atoms with van der Waals surface area (Å²) in [6.07, 6.45) is 33.5. The van der Waals surface area contributed by atoms with Crippen LogP contribution in [-0.2, 0) is 93.3 Å². The minimum absolute atomic E-state index is 0. The number of rotatable bonds is 16. The van der Waals surface area contributed by atoms with Gasteiger partial charge in [0.25, 0.3) is 0 Å². The van der Waals surface area contributed by atoms with Crippen molar-refractivity contribution in [1.82, 2.24) is 34.9 Å².